The summed E-state index contributed by atoms with van der Waals surface area (Å²) in [6.45, 7) is 1.89. The maximum atomic E-state index is 11.3. The van der Waals surface area contributed by atoms with Crippen molar-refractivity contribution in [2.24, 2.45) is 0 Å². The Morgan fingerprint density at radius 2 is 1.97 bits per heavy atom. The van der Waals surface area contributed by atoms with Gasteiger partial charge in [0.25, 0.3) is 0 Å². The maximum Gasteiger partial charge on any atom is 0.330 e. The third kappa shape index (κ3) is 5.40. The molecule has 30 heavy (non-hydrogen) atoms. The van der Waals surface area contributed by atoms with E-state index in [1.165, 1.54) is 24.3 Å². The van der Waals surface area contributed by atoms with Crippen molar-refractivity contribution in [3.8, 4) is 11.5 Å². The van der Waals surface area contributed by atoms with Crippen LogP contribution >= 0.6 is 0 Å². The first-order chi connectivity index (χ1) is 14.7. The molecular weight excluding hydrogens is 382 g/mol. The van der Waals surface area contributed by atoms with Gasteiger partial charge in [0.05, 0.1) is 20.8 Å². The fourth-order valence-electron chi connectivity index (χ4n) is 3.89. The molecule has 0 radical (unpaired) electrons. The van der Waals surface area contributed by atoms with Gasteiger partial charge < -0.3 is 19.3 Å². The molecular formula is C24H29NO5. The second-order valence-corrected chi connectivity index (χ2v) is 7.13. The van der Waals surface area contributed by atoms with Gasteiger partial charge in [-0.3, -0.25) is 4.90 Å². The number of esters is 1. The molecule has 6 heteroatoms. The fourth-order valence-corrected chi connectivity index (χ4v) is 3.89. The molecule has 6 nitrogen and oxygen atoms in total. The van der Waals surface area contributed by atoms with Crippen LogP contribution in [-0.4, -0.2) is 56.5 Å². The number of aliphatic hydroxyl groups excluding tert-OH is 1. The summed E-state index contributed by atoms with van der Waals surface area (Å²) >= 11 is 0. The molecule has 1 atom stereocenters. The zero-order chi connectivity index (χ0) is 21.3. The topological polar surface area (TPSA) is 68.2 Å². The van der Waals surface area contributed by atoms with E-state index in [9.17, 15) is 9.90 Å². The lowest BCUT2D eigenvalue weighted by atomic mass is 10.0. The van der Waals surface area contributed by atoms with Crippen LogP contribution in [0.3, 0.4) is 0 Å². The van der Waals surface area contributed by atoms with Crippen LogP contribution in [0.2, 0.25) is 0 Å². The predicted molar refractivity (Wildman–Crippen MR) is 116 cm³/mol. The summed E-state index contributed by atoms with van der Waals surface area (Å²) in [4.78, 5) is 13.6. The summed E-state index contributed by atoms with van der Waals surface area (Å²) in [5.74, 6) is 1.07. The summed E-state index contributed by atoms with van der Waals surface area (Å²) in [7, 11) is 3.00. The summed E-state index contributed by atoms with van der Waals surface area (Å²) in [5, 5.41) is 9.58. The SMILES string of the molecule is COC(=O)C=Cc1ccc2c(c1)CCC2N(CCO)CCOc1ccccc1OC. The lowest BCUT2D eigenvalue weighted by molar-refractivity contribution is -0.134. The number of hydrogen-bond donors (Lipinski definition) is 1. The van der Waals surface area contributed by atoms with Crippen molar-refractivity contribution < 1.29 is 24.1 Å². The van der Waals surface area contributed by atoms with Crippen molar-refractivity contribution >= 4 is 12.0 Å². The summed E-state index contributed by atoms with van der Waals surface area (Å²) in [6, 6.07) is 14.1. The van der Waals surface area contributed by atoms with Crippen molar-refractivity contribution in [3.05, 3.63) is 65.2 Å². The van der Waals surface area contributed by atoms with Gasteiger partial charge in [0.1, 0.15) is 6.61 Å². The Morgan fingerprint density at radius 3 is 2.70 bits per heavy atom. The molecule has 0 bridgehead atoms. The minimum Gasteiger partial charge on any atom is -0.493 e. The first-order valence-electron chi connectivity index (χ1n) is 10.2. The first-order valence-corrected chi connectivity index (χ1v) is 10.2. The van der Waals surface area contributed by atoms with E-state index in [4.69, 9.17) is 9.47 Å². The number of benzene rings is 2. The van der Waals surface area contributed by atoms with Crippen LogP contribution in [0.15, 0.2) is 48.5 Å². The van der Waals surface area contributed by atoms with Crippen LogP contribution in [0.4, 0.5) is 0 Å². The van der Waals surface area contributed by atoms with Crippen molar-refractivity contribution in [2.45, 2.75) is 18.9 Å². The van der Waals surface area contributed by atoms with Gasteiger partial charge in [0, 0.05) is 25.2 Å². The molecule has 0 saturated heterocycles. The van der Waals surface area contributed by atoms with Crippen LogP contribution in [0.1, 0.15) is 29.2 Å². The Labute approximate surface area is 177 Å². The zero-order valence-electron chi connectivity index (χ0n) is 17.5. The van der Waals surface area contributed by atoms with E-state index in [1.54, 1.807) is 13.2 Å². The maximum absolute atomic E-state index is 11.3. The molecule has 160 valence electrons. The van der Waals surface area contributed by atoms with Gasteiger partial charge in [-0.1, -0.05) is 30.3 Å². The van der Waals surface area contributed by atoms with E-state index in [-0.39, 0.29) is 18.6 Å². The normalized spacial score (nSPS) is 15.4. The highest BCUT2D eigenvalue weighted by atomic mass is 16.5. The number of ether oxygens (including phenoxy) is 3. The molecule has 2 aromatic carbocycles. The van der Waals surface area contributed by atoms with Crippen molar-refractivity contribution in [1.29, 1.82) is 0 Å². The van der Waals surface area contributed by atoms with Gasteiger partial charge in [-0.05, 0) is 47.7 Å². The highest BCUT2D eigenvalue weighted by molar-refractivity contribution is 5.86. The number of aryl methyl sites for hydroxylation is 1. The summed E-state index contributed by atoms with van der Waals surface area (Å²) < 4.78 is 15.9. The van der Waals surface area contributed by atoms with E-state index < -0.39 is 0 Å². The number of nitrogens with zero attached hydrogens (tertiary/aromatic N) is 1. The van der Waals surface area contributed by atoms with Gasteiger partial charge in [0.15, 0.2) is 11.5 Å². The average molecular weight is 411 g/mol. The Bertz CT molecular complexity index is 880. The molecule has 1 aliphatic carbocycles. The Balaban J connectivity index is 1.66. The van der Waals surface area contributed by atoms with Gasteiger partial charge in [-0.2, -0.15) is 0 Å². The number of hydrogen-bond acceptors (Lipinski definition) is 6. The van der Waals surface area contributed by atoms with Crippen LogP contribution in [0, 0.1) is 0 Å². The fraction of sp³-hybridized carbons (Fsp3) is 0.375. The van der Waals surface area contributed by atoms with Crippen LogP contribution in [-0.2, 0) is 16.0 Å². The van der Waals surface area contributed by atoms with Gasteiger partial charge in [-0.15, -0.1) is 0 Å². The molecule has 2 aromatic rings. The quantitative estimate of drug-likeness (QED) is 0.478. The van der Waals surface area contributed by atoms with E-state index in [1.807, 2.05) is 30.3 Å². The third-order valence-electron chi connectivity index (χ3n) is 5.36. The highest BCUT2D eigenvalue weighted by Gasteiger charge is 2.27. The Kier molecular flexibility index (Phi) is 7.88. The number of fused-ring (bicyclic) bond motifs is 1. The van der Waals surface area contributed by atoms with Crippen LogP contribution < -0.4 is 9.47 Å². The van der Waals surface area contributed by atoms with Crippen molar-refractivity contribution in [2.75, 3.05) is 40.5 Å². The third-order valence-corrected chi connectivity index (χ3v) is 5.36. The average Bonchev–Trinajstić information content (AvgIpc) is 3.20. The van der Waals surface area contributed by atoms with Crippen molar-refractivity contribution in [3.63, 3.8) is 0 Å². The molecule has 3 rings (SSSR count). The van der Waals surface area contributed by atoms with Crippen molar-refractivity contribution in [1.82, 2.24) is 4.90 Å². The number of para-hydroxylation sites is 2. The monoisotopic (exact) mass is 411 g/mol. The standard InChI is InChI=1S/C24H29NO5/c1-28-22-5-3-4-6-23(22)30-16-14-25(13-15-26)21-11-9-19-17-18(7-10-20(19)21)8-12-24(27)29-2/h3-8,10,12,17,21,26H,9,11,13-16H2,1-2H3. The lowest BCUT2D eigenvalue weighted by Gasteiger charge is -2.29. The van der Waals surface area contributed by atoms with Gasteiger partial charge in [0.2, 0.25) is 0 Å². The molecule has 0 spiro atoms. The number of aliphatic hydroxyl groups is 1. The van der Waals surface area contributed by atoms with Crippen LogP contribution in [0.25, 0.3) is 6.08 Å². The minimum absolute atomic E-state index is 0.0977. The number of carbonyl (C=O) groups is 1. The molecule has 1 unspecified atom stereocenters. The largest absolute Gasteiger partial charge is 0.493 e. The smallest absolute Gasteiger partial charge is 0.330 e. The molecule has 0 fully saturated rings. The lowest BCUT2D eigenvalue weighted by Crippen LogP contribution is -2.34. The molecule has 0 saturated carbocycles. The number of methoxy groups -OCH3 is 2. The summed E-state index contributed by atoms with van der Waals surface area (Å²) in [5.41, 5.74) is 3.53. The zero-order valence-corrected chi connectivity index (χ0v) is 17.5. The Hall–Kier alpha value is -2.83. The highest BCUT2D eigenvalue weighted by Crippen LogP contribution is 2.36. The Morgan fingerprint density at radius 1 is 1.17 bits per heavy atom. The predicted octanol–water partition coefficient (Wildman–Crippen LogP) is 3.24. The van der Waals surface area contributed by atoms with Crippen LogP contribution in [0.5, 0.6) is 11.5 Å². The van der Waals surface area contributed by atoms with E-state index in [2.05, 4.69) is 21.8 Å². The molecule has 0 aliphatic heterocycles. The first kappa shape index (κ1) is 21.9. The molecule has 0 heterocycles. The van der Waals surface area contributed by atoms with E-state index >= 15 is 0 Å². The van der Waals surface area contributed by atoms with Gasteiger partial charge in [-0.25, -0.2) is 4.79 Å². The van der Waals surface area contributed by atoms with Gasteiger partial charge >= 0.3 is 5.97 Å². The minimum atomic E-state index is -0.363. The van der Waals surface area contributed by atoms with E-state index in [0.29, 0.717) is 25.4 Å². The number of carbonyl (C=O) groups excluding carboxylic acids is 1. The molecule has 1 N–H and O–H groups in total. The van der Waals surface area contributed by atoms with E-state index in [0.717, 1.165) is 24.2 Å². The summed E-state index contributed by atoms with van der Waals surface area (Å²) in [6.07, 6.45) is 5.16. The molecule has 0 aromatic heterocycles. The molecule has 1 aliphatic rings. The number of rotatable bonds is 10. The molecule has 0 amide bonds. The second-order valence-electron chi connectivity index (χ2n) is 7.13. The second kappa shape index (κ2) is 10.8.